The Bertz CT molecular complexity index is 184. The van der Waals surface area contributed by atoms with Crippen molar-refractivity contribution in [1.82, 2.24) is 0 Å². The second-order valence-corrected chi connectivity index (χ2v) is 3.65. The summed E-state index contributed by atoms with van der Waals surface area (Å²) in [6.45, 7) is 4.78. The second-order valence-electron chi connectivity index (χ2n) is 3.65. The Morgan fingerprint density at radius 1 is 1.50 bits per heavy atom. The lowest BCUT2D eigenvalue weighted by molar-refractivity contribution is -0.149. The van der Waals surface area contributed by atoms with Gasteiger partial charge in [-0.3, -0.25) is 4.79 Å². The third-order valence-electron chi connectivity index (χ3n) is 2.70. The number of hydrogen-bond acceptors (Lipinski definition) is 2. The molecule has 1 atom stereocenters. The summed E-state index contributed by atoms with van der Waals surface area (Å²) >= 11 is 0. The molecule has 0 fully saturated rings. The molecule has 0 aliphatic heterocycles. The lowest BCUT2D eigenvalue weighted by Crippen LogP contribution is -2.38. The van der Waals surface area contributed by atoms with Crippen molar-refractivity contribution < 1.29 is 9.53 Å². The van der Waals surface area contributed by atoms with Gasteiger partial charge in [-0.1, -0.05) is 26.0 Å². The van der Waals surface area contributed by atoms with Crippen molar-refractivity contribution in [2.45, 2.75) is 38.7 Å². The van der Waals surface area contributed by atoms with Crippen molar-refractivity contribution in [3.8, 4) is 0 Å². The Labute approximate surface area is 73.6 Å². The molecule has 1 aliphatic rings. The third-order valence-corrected chi connectivity index (χ3v) is 2.70. The fourth-order valence-corrected chi connectivity index (χ4v) is 1.69. The summed E-state index contributed by atoms with van der Waals surface area (Å²) in [6, 6.07) is 0. The summed E-state index contributed by atoms with van der Waals surface area (Å²) in [5.74, 6) is 0.396. The Morgan fingerprint density at radius 3 is 2.67 bits per heavy atom. The van der Waals surface area contributed by atoms with E-state index in [0.29, 0.717) is 12.4 Å². The molecular weight excluding hydrogens is 152 g/mol. The summed E-state index contributed by atoms with van der Waals surface area (Å²) in [7, 11) is 0. The van der Waals surface area contributed by atoms with E-state index in [1.165, 1.54) is 0 Å². The summed E-state index contributed by atoms with van der Waals surface area (Å²) in [5, 5.41) is 0. The predicted octanol–water partition coefficient (Wildman–Crippen LogP) is 2.29. The molecule has 12 heavy (non-hydrogen) atoms. The molecule has 0 spiro atoms. The van der Waals surface area contributed by atoms with E-state index in [0.717, 1.165) is 19.3 Å². The molecule has 0 aromatic heterocycles. The maximum absolute atomic E-state index is 10.3. The molecule has 0 radical (unpaired) electrons. The minimum Gasteiger partial charge on any atom is -0.461 e. The van der Waals surface area contributed by atoms with E-state index in [1.807, 2.05) is 0 Å². The van der Waals surface area contributed by atoms with Crippen LogP contribution in [0.4, 0.5) is 0 Å². The van der Waals surface area contributed by atoms with Crippen molar-refractivity contribution >= 4 is 6.47 Å². The molecule has 2 nitrogen and oxygen atoms in total. The molecule has 0 amide bonds. The van der Waals surface area contributed by atoms with Crippen LogP contribution in [0.3, 0.4) is 0 Å². The molecule has 1 unspecified atom stereocenters. The van der Waals surface area contributed by atoms with Gasteiger partial charge in [0, 0.05) is 6.42 Å². The molecule has 0 aromatic carbocycles. The molecule has 0 saturated carbocycles. The van der Waals surface area contributed by atoms with Gasteiger partial charge in [0.15, 0.2) is 0 Å². The highest BCUT2D eigenvalue weighted by Gasteiger charge is 2.35. The molecule has 1 aliphatic carbocycles. The maximum atomic E-state index is 10.3. The van der Waals surface area contributed by atoms with Gasteiger partial charge in [0.1, 0.15) is 5.60 Å². The first-order valence-corrected chi connectivity index (χ1v) is 4.48. The van der Waals surface area contributed by atoms with Crippen molar-refractivity contribution in [2.75, 3.05) is 0 Å². The van der Waals surface area contributed by atoms with Gasteiger partial charge in [-0.15, -0.1) is 0 Å². The Hall–Kier alpha value is -0.790. The van der Waals surface area contributed by atoms with Crippen LogP contribution in [0.25, 0.3) is 0 Å². The molecule has 0 saturated heterocycles. The first-order chi connectivity index (χ1) is 5.71. The number of rotatable bonds is 3. The van der Waals surface area contributed by atoms with Crippen molar-refractivity contribution in [3.63, 3.8) is 0 Å². The topological polar surface area (TPSA) is 26.3 Å². The van der Waals surface area contributed by atoms with Crippen LogP contribution in [0.1, 0.15) is 33.1 Å². The van der Waals surface area contributed by atoms with E-state index in [9.17, 15) is 4.79 Å². The highest BCUT2D eigenvalue weighted by Crippen LogP contribution is 2.33. The zero-order valence-corrected chi connectivity index (χ0v) is 7.75. The highest BCUT2D eigenvalue weighted by molar-refractivity contribution is 5.38. The quantitative estimate of drug-likeness (QED) is 0.477. The zero-order chi connectivity index (χ0) is 9.03. The fourth-order valence-electron chi connectivity index (χ4n) is 1.69. The smallest absolute Gasteiger partial charge is 0.293 e. The summed E-state index contributed by atoms with van der Waals surface area (Å²) < 4.78 is 5.20. The second kappa shape index (κ2) is 3.74. The van der Waals surface area contributed by atoms with Gasteiger partial charge in [0.2, 0.25) is 0 Å². The Morgan fingerprint density at radius 2 is 2.25 bits per heavy atom. The average molecular weight is 168 g/mol. The monoisotopic (exact) mass is 168 g/mol. The van der Waals surface area contributed by atoms with E-state index in [-0.39, 0.29) is 5.60 Å². The molecule has 68 valence electrons. The van der Waals surface area contributed by atoms with E-state index >= 15 is 0 Å². The number of carbonyl (C=O) groups excluding carboxylic acids is 1. The summed E-state index contributed by atoms with van der Waals surface area (Å²) in [5.41, 5.74) is -0.226. The van der Waals surface area contributed by atoms with Gasteiger partial charge in [0.05, 0.1) is 0 Å². The van der Waals surface area contributed by atoms with Crippen molar-refractivity contribution in [1.29, 1.82) is 0 Å². The SMILES string of the molecule is CC(C)C1(OC=O)CC=CCC1. The van der Waals surface area contributed by atoms with Crippen LogP contribution in [0, 0.1) is 5.92 Å². The van der Waals surface area contributed by atoms with Gasteiger partial charge in [-0.25, -0.2) is 0 Å². The summed E-state index contributed by atoms with van der Waals surface area (Å²) in [6.07, 6.45) is 7.09. The molecular formula is C10H16O2. The lowest BCUT2D eigenvalue weighted by Gasteiger charge is -2.36. The fraction of sp³-hybridized carbons (Fsp3) is 0.700. The zero-order valence-electron chi connectivity index (χ0n) is 7.75. The molecule has 0 heterocycles. The number of carbonyl (C=O) groups is 1. The van der Waals surface area contributed by atoms with Crippen LogP contribution < -0.4 is 0 Å². The normalized spacial score (nSPS) is 28.9. The predicted molar refractivity (Wildman–Crippen MR) is 47.7 cm³/mol. The van der Waals surface area contributed by atoms with Crippen LogP contribution in [0.5, 0.6) is 0 Å². The van der Waals surface area contributed by atoms with Gasteiger partial charge in [0.25, 0.3) is 6.47 Å². The molecule has 1 rings (SSSR count). The Kier molecular flexibility index (Phi) is 2.90. The van der Waals surface area contributed by atoms with Gasteiger partial charge >= 0.3 is 0 Å². The largest absolute Gasteiger partial charge is 0.461 e. The maximum Gasteiger partial charge on any atom is 0.293 e. The van der Waals surface area contributed by atoms with Crippen LogP contribution in [-0.4, -0.2) is 12.1 Å². The van der Waals surface area contributed by atoms with Crippen LogP contribution in [0.2, 0.25) is 0 Å². The molecule has 0 bridgehead atoms. The van der Waals surface area contributed by atoms with Gasteiger partial charge in [-0.2, -0.15) is 0 Å². The van der Waals surface area contributed by atoms with Crippen LogP contribution >= 0.6 is 0 Å². The van der Waals surface area contributed by atoms with Crippen molar-refractivity contribution in [3.05, 3.63) is 12.2 Å². The van der Waals surface area contributed by atoms with E-state index in [4.69, 9.17) is 4.74 Å². The van der Waals surface area contributed by atoms with E-state index in [2.05, 4.69) is 26.0 Å². The molecule has 0 N–H and O–H groups in total. The standard InChI is InChI=1S/C10H16O2/c1-9(2)10(12-8-11)6-4-3-5-7-10/h3-4,8-9H,5-7H2,1-2H3. The minimum absolute atomic E-state index is 0.226. The molecule has 0 aromatic rings. The van der Waals surface area contributed by atoms with Gasteiger partial charge in [-0.05, 0) is 18.8 Å². The lowest BCUT2D eigenvalue weighted by atomic mass is 9.80. The first kappa shape index (κ1) is 9.30. The van der Waals surface area contributed by atoms with Crippen LogP contribution in [-0.2, 0) is 9.53 Å². The number of ether oxygens (including phenoxy) is 1. The first-order valence-electron chi connectivity index (χ1n) is 4.48. The number of hydrogen-bond donors (Lipinski definition) is 0. The Balaban J connectivity index is 2.71. The van der Waals surface area contributed by atoms with Crippen LogP contribution in [0.15, 0.2) is 12.2 Å². The summed E-state index contributed by atoms with van der Waals surface area (Å²) in [4.78, 5) is 10.3. The average Bonchev–Trinajstić information content (AvgIpc) is 2.06. The van der Waals surface area contributed by atoms with Crippen molar-refractivity contribution in [2.24, 2.45) is 5.92 Å². The third kappa shape index (κ3) is 1.68. The van der Waals surface area contributed by atoms with E-state index < -0.39 is 0 Å². The highest BCUT2D eigenvalue weighted by atomic mass is 16.5. The molecule has 2 heteroatoms. The minimum atomic E-state index is -0.226. The van der Waals surface area contributed by atoms with E-state index in [1.54, 1.807) is 0 Å². The van der Waals surface area contributed by atoms with Gasteiger partial charge < -0.3 is 4.74 Å². The number of allylic oxidation sites excluding steroid dienone is 1.